The van der Waals surface area contributed by atoms with Crippen LogP contribution in [0.25, 0.3) is 39.6 Å². The third kappa shape index (κ3) is 3.74. The number of fused-ring (bicyclic) bond motifs is 1. The minimum Gasteiger partial charge on any atom is -0.463 e. The van der Waals surface area contributed by atoms with Crippen molar-refractivity contribution in [2.45, 2.75) is 6.42 Å². The number of halogens is 1. The van der Waals surface area contributed by atoms with Gasteiger partial charge in [-0.2, -0.15) is 0 Å². The predicted octanol–water partition coefficient (Wildman–Crippen LogP) is 6.08. The van der Waals surface area contributed by atoms with E-state index in [1.165, 1.54) is 0 Å². The normalized spacial score (nSPS) is 11.3. The molecule has 0 fully saturated rings. The maximum atomic E-state index is 5.63. The molecule has 0 aliphatic rings. The second kappa shape index (κ2) is 8.14. The van der Waals surface area contributed by atoms with Crippen molar-refractivity contribution in [2.24, 2.45) is 0 Å². The van der Waals surface area contributed by atoms with E-state index in [2.05, 4.69) is 26.1 Å². The summed E-state index contributed by atoms with van der Waals surface area (Å²) in [6.07, 6.45) is 5.57. The van der Waals surface area contributed by atoms with Gasteiger partial charge in [0.2, 0.25) is 0 Å². The SMILES string of the molecule is Brc1ccc(-n2cnnc2Cc2ccc3nc(-c4ccco4)c(-c4ccco4)nc3c2)cc1. The molecular weight excluding hydrogens is 482 g/mol. The lowest BCUT2D eigenvalue weighted by Gasteiger charge is -2.09. The molecule has 0 aliphatic heterocycles. The van der Waals surface area contributed by atoms with Gasteiger partial charge in [0.05, 0.1) is 23.6 Å². The molecule has 0 saturated carbocycles. The molecule has 0 bridgehead atoms. The van der Waals surface area contributed by atoms with E-state index in [-0.39, 0.29) is 0 Å². The minimum atomic E-state index is 0.601. The Kier molecular flexibility index (Phi) is 4.84. The Hall–Kier alpha value is -4.04. The summed E-state index contributed by atoms with van der Waals surface area (Å²) in [7, 11) is 0. The molecule has 8 heteroatoms. The summed E-state index contributed by atoms with van der Waals surface area (Å²) < 4.78 is 14.2. The summed E-state index contributed by atoms with van der Waals surface area (Å²) in [5.41, 5.74) is 4.88. The molecule has 0 atom stereocenters. The van der Waals surface area contributed by atoms with E-state index in [1.807, 2.05) is 71.3 Å². The summed E-state index contributed by atoms with van der Waals surface area (Å²) in [6.45, 7) is 0. The molecule has 160 valence electrons. The van der Waals surface area contributed by atoms with Crippen LogP contribution in [0.4, 0.5) is 0 Å². The summed E-state index contributed by atoms with van der Waals surface area (Å²) in [5.74, 6) is 2.11. The van der Waals surface area contributed by atoms with Gasteiger partial charge in [0, 0.05) is 16.6 Å². The number of nitrogens with zero attached hydrogens (tertiary/aromatic N) is 5. The van der Waals surface area contributed by atoms with Gasteiger partial charge in [-0.15, -0.1) is 10.2 Å². The van der Waals surface area contributed by atoms with Crippen molar-refractivity contribution in [3.05, 3.63) is 101 Å². The summed E-state index contributed by atoms with van der Waals surface area (Å²) in [5, 5.41) is 8.45. The van der Waals surface area contributed by atoms with Crippen LogP contribution in [0.2, 0.25) is 0 Å². The van der Waals surface area contributed by atoms with E-state index in [4.69, 9.17) is 18.8 Å². The molecule has 6 rings (SSSR count). The minimum absolute atomic E-state index is 0.601. The van der Waals surface area contributed by atoms with Gasteiger partial charge in [-0.3, -0.25) is 4.57 Å². The predicted molar refractivity (Wildman–Crippen MR) is 127 cm³/mol. The molecule has 0 unspecified atom stereocenters. The summed E-state index contributed by atoms with van der Waals surface area (Å²) >= 11 is 3.48. The summed E-state index contributed by atoms with van der Waals surface area (Å²) in [6, 6.07) is 21.5. The first kappa shape index (κ1) is 19.6. The van der Waals surface area contributed by atoms with Crippen LogP contribution in [0, 0.1) is 0 Å². The van der Waals surface area contributed by atoms with Crippen molar-refractivity contribution in [2.75, 3.05) is 0 Å². The first-order valence-electron chi connectivity index (χ1n) is 10.3. The zero-order valence-electron chi connectivity index (χ0n) is 17.2. The molecule has 0 N–H and O–H groups in total. The fourth-order valence-electron chi connectivity index (χ4n) is 3.76. The smallest absolute Gasteiger partial charge is 0.154 e. The van der Waals surface area contributed by atoms with Crippen LogP contribution < -0.4 is 0 Å². The number of rotatable bonds is 5. The molecule has 0 radical (unpaired) electrons. The van der Waals surface area contributed by atoms with E-state index in [1.54, 1.807) is 18.9 Å². The zero-order valence-corrected chi connectivity index (χ0v) is 18.8. The van der Waals surface area contributed by atoms with Crippen molar-refractivity contribution in [1.82, 2.24) is 24.7 Å². The lowest BCUT2D eigenvalue weighted by molar-refractivity contribution is 0.572. The van der Waals surface area contributed by atoms with Gasteiger partial charge < -0.3 is 8.83 Å². The van der Waals surface area contributed by atoms with Crippen LogP contribution in [-0.4, -0.2) is 24.7 Å². The van der Waals surface area contributed by atoms with Crippen LogP contribution >= 0.6 is 15.9 Å². The Balaban J connectivity index is 1.41. The quantitative estimate of drug-likeness (QED) is 0.286. The second-order valence-electron chi connectivity index (χ2n) is 7.47. The van der Waals surface area contributed by atoms with E-state index in [0.717, 1.165) is 32.6 Å². The fraction of sp³-hybridized carbons (Fsp3) is 0.0400. The molecule has 0 aliphatic carbocycles. The molecule has 7 nitrogen and oxygen atoms in total. The fourth-order valence-corrected chi connectivity index (χ4v) is 4.02. The molecule has 2 aromatic carbocycles. The Bertz CT molecular complexity index is 1540. The van der Waals surface area contributed by atoms with Crippen molar-refractivity contribution < 1.29 is 8.83 Å². The standard InChI is InChI=1S/C25H16BrN5O2/c26-17-6-8-18(9-7-17)31-15-27-30-23(31)14-16-5-10-19-20(13-16)29-25(22-4-2-12-33-22)24(28-19)21-3-1-11-32-21/h1-13,15H,14H2. The van der Waals surface area contributed by atoms with Crippen molar-refractivity contribution in [3.8, 4) is 28.6 Å². The monoisotopic (exact) mass is 497 g/mol. The third-order valence-corrected chi connectivity index (χ3v) is 5.85. The van der Waals surface area contributed by atoms with Gasteiger partial charge in [-0.1, -0.05) is 22.0 Å². The van der Waals surface area contributed by atoms with Gasteiger partial charge in [-0.05, 0) is 66.2 Å². The van der Waals surface area contributed by atoms with Crippen molar-refractivity contribution >= 4 is 27.0 Å². The van der Waals surface area contributed by atoms with Crippen molar-refractivity contribution in [1.29, 1.82) is 0 Å². The first-order chi connectivity index (χ1) is 16.2. The lowest BCUT2D eigenvalue weighted by Crippen LogP contribution is -2.02. The number of aromatic nitrogens is 5. The Labute approximate surface area is 196 Å². The molecule has 33 heavy (non-hydrogen) atoms. The molecule has 4 heterocycles. The molecule has 0 saturated heterocycles. The Morgan fingerprint density at radius 1 is 0.788 bits per heavy atom. The highest BCUT2D eigenvalue weighted by atomic mass is 79.9. The average Bonchev–Trinajstić information content (AvgIpc) is 3.62. The maximum Gasteiger partial charge on any atom is 0.154 e. The van der Waals surface area contributed by atoms with E-state index in [0.29, 0.717) is 29.3 Å². The molecule has 0 amide bonds. The largest absolute Gasteiger partial charge is 0.463 e. The van der Waals surface area contributed by atoms with E-state index in [9.17, 15) is 0 Å². The van der Waals surface area contributed by atoms with Crippen LogP contribution in [0.5, 0.6) is 0 Å². The average molecular weight is 498 g/mol. The third-order valence-electron chi connectivity index (χ3n) is 5.32. The molecule has 6 aromatic rings. The van der Waals surface area contributed by atoms with Gasteiger partial charge in [0.15, 0.2) is 11.5 Å². The highest BCUT2D eigenvalue weighted by Gasteiger charge is 2.17. The highest BCUT2D eigenvalue weighted by molar-refractivity contribution is 9.10. The Morgan fingerprint density at radius 3 is 2.15 bits per heavy atom. The lowest BCUT2D eigenvalue weighted by atomic mass is 10.1. The first-order valence-corrected chi connectivity index (χ1v) is 11.1. The van der Waals surface area contributed by atoms with Crippen LogP contribution in [0.3, 0.4) is 0 Å². The van der Waals surface area contributed by atoms with Crippen LogP contribution in [0.15, 0.2) is 98.9 Å². The van der Waals surface area contributed by atoms with Gasteiger partial charge in [0.25, 0.3) is 0 Å². The van der Waals surface area contributed by atoms with Crippen molar-refractivity contribution in [3.63, 3.8) is 0 Å². The molecular formula is C25H16BrN5O2. The number of benzene rings is 2. The van der Waals surface area contributed by atoms with Gasteiger partial charge in [0.1, 0.15) is 23.5 Å². The Morgan fingerprint density at radius 2 is 1.48 bits per heavy atom. The topological polar surface area (TPSA) is 82.8 Å². The van der Waals surface area contributed by atoms with Crippen LogP contribution in [0.1, 0.15) is 11.4 Å². The van der Waals surface area contributed by atoms with E-state index >= 15 is 0 Å². The van der Waals surface area contributed by atoms with Gasteiger partial charge in [-0.25, -0.2) is 9.97 Å². The second-order valence-corrected chi connectivity index (χ2v) is 8.38. The number of hydrogen-bond acceptors (Lipinski definition) is 6. The van der Waals surface area contributed by atoms with Crippen LogP contribution in [-0.2, 0) is 6.42 Å². The molecule has 4 aromatic heterocycles. The highest BCUT2D eigenvalue weighted by Crippen LogP contribution is 2.32. The summed E-state index contributed by atoms with van der Waals surface area (Å²) in [4.78, 5) is 9.72. The van der Waals surface area contributed by atoms with E-state index < -0.39 is 0 Å². The number of furan rings is 2. The number of hydrogen-bond donors (Lipinski definition) is 0. The zero-order chi connectivity index (χ0) is 22.2. The van der Waals surface area contributed by atoms with Gasteiger partial charge >= 0.3 is 0 Å². The maximum absolute atomic E-state index is 5.63. The molecule has 0 spiro atoms.